The summed E-state index contributed by atoms with van der Waals surface area (Å²) in [5.74, 6) is 0.225. The van der Waals surface area contributed by atoms with E-state index in [1.54, 1.807) is 0 Å². The molecule has 0 amide bonds. The number of aromatic nitrogens is 1. The van der Waals surface area contributed by atoms with Crippen LogP contribution in [0.4, 0.5) is 0 Å². The van der Waals surface area contributed by atoms with Crippen molar-refractivity contribution in [3.8, 4) is 0 Å². The highest BCUT2D eigenvalue weighted by Gasteiger charge is 2.04. The molecule has 0 aliphatic rings. The third-order valence-corrected chi connectivity index (χ3v) is 3.37. The molecule has 2 rings (SSSR count). The van der Waals surface area contributed by atoms with Crippen molar-refractivity contribution in [2.75, 3.05) is 0 Å². The predicted molar refractivity (Wildman–Crippen MR) is 78.4 cm³/mol. The number of ketones is 1. The van der Waals surface area contributed by atoms with Gasteiger partial charge in [-0.3, -0.25) is 4.79 Å². The first-order chi connectivity index (χ1) is 9.29. The average Bonchev–Trinajstić information content (AvgIpc) is 2.93. The zero-order valence-corrected chi connectivity index (χ0v) is 11.5. The maximum absolute atomic E-state index is 11.5. The fourth-order valence-corrected chi connectivity index (χ4v) is 2.22. The molecule has 0 radical (unpaired) electrons. The minimum Gasteiger partial charge on any atom is -0.354 e. The Morgan fingerprint density at radius 2 is 1.89 bits per heavy atom. The van der Waals surface area contributed by atoms with Gasteiger partial charge in [0, 0.05) is 30.9 Å². The molecule has 1 heterocycles. The number of nitrogens with zero attached hydrogens (tertiary/aromatic N) is 1. The molecule has 0 aliphatic carbocycles. The highest BCUT2D eigenvalue weighted by Crippen LogP contribution is 2.08. The monoisotopic (exact) mass is 255 g/mol. The van der Waals surface area contributed by atoms with Crippen LogP contribution >= 0.6 is 0 Å². The van der Waals surface area contributed by atoms with Gasteiger partial charge in [-0.2, -0.15) is 0 Å². The van der Waals surface area contributed by atoms with E-state index in [0.717, 1.165) is 24.9 Å². The zero-order chi connectivity index (χ0) is 13.5. The van der Waals surface area contributed by atoms with E-state index in [1.165, 1.54) is 12.0 Å². The van der Waals surface area contributed by atoms with Gasteiger partial charge in [-0.15, -0.1) is 0 Å². The van der Waals surface area contributed by atoms with E-state index in [4.69, 9.17) is 0 Å². The molecule has 0 saturated carbocycles. The van der Waals surface area contributed by atoms with Gasteiger partial charge >= 0.3 is 0 Å². The number of hydrogen-bond donors (Lipinski definition) is 0. The van der Waals surface area contributed by atoms with Gasteiger partial charge in [0.2, 0.25) is 0 Å². The minimum absolute atomic E-state index is 0.225. The molecule has 0 saturated heterocycles. The summed E-state index contributed by atoms with van der Waals surface area (Å²) in [4.78, 5) is 11.5. The second-order valence-electron chi connectivity index (χ2n) is 4.86. The molecule has 0 unspecified atom stereocenters. The first-order valence-electron chi connectivity index (χ1n) is 7.02. The molecule has 0 aliphatic heterocycles. The van der Waals surface area contributed by atoms with Crippen molar-refractivity contribution < 1.29 is 4.79 Å². The Bertz CT molecular complexity index is 513. The fourth-order valence-electron chi connectivity index (χ4n) is 2.22. The van der Waals surface area contributed by atoms with Crippen LogP contribution in [-0.4, -0.2) is 10.4 Å². The van der Waals surface area contributed by atoms with Gasteiger partial charge in [0.15, 0.2) is 5.78 Å². The van der Waals surface area contributed by atoms with Crippen LogP contribution in [0.25, 0.3) is 0 Å². The molecule has 2 aromatic rings. The Labute approximate surface area is 115 Å². The summed E-state index contributed by atoms with van der Waals surface area (Å²) < 4.78 is 2.12. The van der Waals surface area contributed by atoms with E-state index in [0.29, 0.717) is 6.42 Å². The molecule has 1 aromatic carbocycles. The predicted octanol–water partition coefficient (Wildman–Crippen LogP) is 4.10. The van der Waals surface area contributed by atoms with Crippen LogP contribution in [-0.2, 0) is 13.0 Å². The third kappa shape index (κ3) is 4.09. The molecule has 0 fully saturated rings. The van der Waals surface area contributed by atoms with Crippen molar-refractivity contribution in [1.29, 1.82) is 0 Å². The largest absolute Gasteiger partial charge is 0.354 e. The summed E-state index contributed by atoms with van der Waals surface area (Å²) in [5, 5.41) is 0. The summed E-state index contributed by atoms with van der Waals surface area (Å²) >= 11 is 0. The summed E-state index contributed by atoms with van der Waals surface area (Å²) in [6, 6.07) is 12.5. The molecule has 2 nitrogen and oxygen atoms in total. The Hall–Kier alpha value is -1.83. The SMILES string of the molecule is CCC(=O)c1ccn(CCCCc2ccccc2)c1. The van der Waals surface area contributed by atoms with Gasteiger partial charge in [0.25, 0.3) is 0 Å². The number of carbonyl (C=O) groups excluding carboxylic acids is 1. The van der Waals surface area contributed by atoms with Crippen molar-refractivity contribution in [2.24, 2.45) is 0 Å². The molecule has 19 heavy (non-hydrogen) atoms. The van der Waals surface area contributed by atoms with Gasteiger partial charge in [-0.1, -0.05) is 37.3 Å². The summed E-state index contributed by atoms with van der Waals surface area (Å²) in [7, 11) is 0. The topological polar surface area (TPSA) is 22.0 Å². The zero-order valence-electron chi connectivity index (χ0n) is 11.5. The highest BCUT2D eigenvalue weighted by molar-refractivity contribution is 5.95. The summed E-state index contributed by atoms with van der Waals surface area (Å²) in [6.45, 7) is 2.89. The quantitative estimate of drug-likeness (QED) is 0.539. The van der Waals surface area contributed by atoms with E-state index in [2.05, 4.69) is 34.9 Å². The smallest absolute Gasteiger partial charge is 0.164 e. The minimum atomic E-state index is 0.225. The van der Waals surface area contributed by atoms with Crippen LogP contribution in [0.2, 0.25) is 0 Å². The fraction of sp³-hybridized carbons (Fsp3) is 0.353. The van der Waals surface area contributed by atoms with E-state index in [9.17, 15) is 4.79 Å². The molecule has 0 spiro atoms. The summed E-state index contributed by atoms with van der Waals surface area (Å²) in [5.41, 5.74) is 2.24. The average molecular weight is 255 g/mol. The molecule has 0 bridgehead atoms. The normalized spacial score (nSPS) is 10.6. The molecule has 2 heteroatoms. The number of unbranched alkanes of at least 4 members (excludes halogenated alkanes) is 1. The first kappa shape index (κ1) is 13.6. The van der Waals surface area contributed by atoms with Crippen LogP contribution in [0, 0.1) is 0 Å². The molecular formula is C17H21NO. The Balaban J connectivity index is 1.74. The van der Waals surface area contributed by atoms with Crippen LogP contribution < -0.4 is 0 Å². The molecule has 0 N–H and O–H groups in total. The number of carbonyl (C=O) groups is 1. The highest BCUT2D eigenvalue weighted by atomic mass is 16.1. The van der Waals surface area contributed by atoms with Gasteiger partial charge in [0.05, 0.1) is 0 Å². The van der Waals surface area contributed by atoms with Crippen LogP contribution in [0.3, 0.4) is 0 Å². The van der Waals surface area contributed by atoms with Crippen LogP contribution in [0.5, 0.6) is 0 Å². The lowest BCUT2D eigenvalue weighted by molar-refractivity contribution is 0.0988. The third-order valence-electron chi connectivity index (χ3n) is 3.37. The lowest BCUT2D eigenvalue weighted by Crippen LogP contribution is -1.97. The lowest BCUT2D eigenvalue weighted by atomic mass is 10.1. The molecular weight excluding hydrogens is 234 g/mol. The van der Waals surface area contributed by atoms with Gasteiger partial charge < -0.3 is 4.57 Å². The van der Waals surface area contributed by atoms with Gasteiger partial charge in [-0.25, -0.2) is 0 Å². The summed E-state index contributed by atoms with van der Waals surface area (Å²) in [6.07, 6.45) is 8.00. The van der Waals surface area contributed by atoms with Crippen molar-refractivity contribution in [1.82, 2.24) is 4.57 Å². The lowest BCUT2D eigenvalue weighted by Gasteiger charge is -2.03. The van der Waals surface area contributed by atoms with Crippen molar-refractivity contribution in [3.63, 3.8) is 0 Å². The van der Waals surface area contributed by atoms with Gasteiger partial charge in [0.1, 0.15) is 0 Å². The molecule has 1 aromatic heterocycles. The number of aryl methyl sites for hydroxylation is 2. The maximum atomic E-state index is 11.5. The van der Waals surface area contributed by atoms with E-state index in [1.807, 2.05) is 25.4 Å². The van der Waals surface area contributed by atoms with Gasteiger partial charge in [-0.05, 0) is 30.9 Å². The number of benzene rings is 1. The van der Waals surface area contributed by atoms with Crippen LogP contribution in [0.15, 0.2) is 48.8 Å². The van der Waals surface area contributed by atoms with Crippen molar-refractivity contribution in [2.45, 2.75) is 39.2 Å². The maximum Gasteiger partial charge on any atom is 0.164 e. The second kappa shape index (κ2) is 6.93. The van der Waals surface area contributed by atoms with Crippen LogP contribution in [0.1, 0.15) is 42.1 Å². The standard InChI is InChI=1S/C17H21NO/c1-2-17(19)16-11-13-18(14-16)12-7-6-10-15-8-4-3-5-9-15/h3-5,8-9,11,13-14H,2,6-7,10,12H2,1H3. The Kier molecular flexibility index (Phi) is 4.96. The second-order valence-corrected chi connectivity index (χ2v) is 4.86. The van der Waals surface area contributed by atoms with Crippen molar-refractivity contribution >= 4 is 5.78 Å². The molecule has 100 valence electrons. The van der Waals surface area contributed by atoms with E-state index < -0.39 is 0 Å². The Morgan fingerprint density at radius 1 is 1.11 bits per heavy atom. The van der Waals surface area contributed by atoms with E-state index in [-0.39, 0.29) is 5.78 Å². The molecule has 0 atom stereocenters. The number of Topliss-reactive ketones (excluding diaryl/α,β-unsaturated/α-hetero) is 1. The number of rotatable bonds is 7. The Morgan fingerprint density at radius 3 is 2.63 bits per heavy atom. The van der Waals surface area contributed by atoms with Crippen molar-refractivity contribution in [3.05, 3.63) is 59.9 Å². The first-order valence-corrected chi connectivity index (χ1v) is 7.02. The number of hydrogen-bond acceptors (Lipinski definition) is 1. The van der Waals surface area contributed by atoms with E-state index >= 15 is 0 Å².